The summed E-state index contributed by atoms with van der Waals surface area (Å²) in [4.78, 5) is 0. The highest BCUT2D eigenvalue weighted by Gasteiger charge is 2.21. The first-order valence-electron chi connectivity index (χ1n) is 8.76. The van der Waals surface area contributed by atoms with Crippen LogP contribution in [-0.2, 0) is 5.41 Å². The third kappa shape index (κ3) is 4.72. The molecule has 1 saturated carbocycles. The number of rotatable bonds is 7. The molecule has 0 aromatic heterocycles. The Morgan fingerprint density at radius 1 is 1.05 bits per heavy atom. The van der Waals surface area contributed by atoms with Crippen LogP contribution in [0.3, 0.4) is 0 Å². The number of anilines is 1. The quantitative estimate of drug-likeness (QED) is 0.720. The summed E-state index contributed by atoms with van der Waals surface area (Å²) in [6.45, 7) is 7.80. The number of nitrogens with one attached hydrogen (secondary N) is 2. The van der Waals surface area contributed by atoms with Crippen molar-refractivity contribution in [3.05, 3.63) is 29.8 Å². The number of aliphatic hydroxyl groups excluding tert-OH is 1. The van der Waals surface area contributed by atoms with E-state index in [-0.39, 0.29) is 12.0 Å². The van der Waals surface area contributed by atoms with E-state index in [2.05, 4.69) is 55.7 Å². The van der Waals surface area contributed by atoms with Crippen LogP contribution in [0.5, 0.6) is 0 Å². The van der Waals surface area contributed by atoms with Gasteiger partial charge in [0.1, 0.15) is 0 Å². The molecule has 1 aromatic rings. The van der Waals surface area contributed by atoms with Crippen molar-refractivity contribution < 1.29 is 5.11 Å². The maximum Gasteiger partial charge on any atom is 0.0556 e. The molecule has 3 nitrogen and oxygen atoms in total. The van der Waals surface area contributed by atoms with E-state index < -0.39 is 0 Å². The Bertz CT molecular complexity index is 433. The molecule has 1 aromatic carbocycles. The van der Waals surface area contributed by atoms with E-state index >= 15 is 0 Å². The second kappa shape index (κ2) is 7.98. The summed E-state index contributed by atoms with van der Waals surface area (Å²) in [6.07, 6.45) is 5.94. The molecular formula is C19H32N2O. The highest BCUT2D eigenvalue weighted by Crippen LogP contribution is 2.28. The van der Waals surface area contributed by atoms with Gasteiger partial charge in [0.15, 0.2) is 0 Å². The fourth-order valence-electron chi connectivity index (χ4n) is 3.17. The Hall–Kier alpha value is -1.06. The van der Waals surface area contributed by atoms with Crippen molar-refractivity contribution in [2.24, 2.45) is 0 Å². The first-order chi connectivity index (χ1) is 10.5. The zero-order valence-electron chi connectivity index (χ0n) is 14.4. The normalized spacial score (nSPS) is 22.5. The molecule has 0 unspecified atom stereocenters. The van der Waals surface area contributed by atoms with Crippen LogP contribution in [0, 0.1) is 0 Å². The van der Waals surface area contributed by atoms with Crippen molar-refractivity contribution in [3.63, 3.8) is 0 Å². The molecule has 3 N–H and O–H groups in total. The summed E-state index contributed by atoms with van der Waals surface area (Å²) in [5.41, 5.74) is 2.91. The molecule has 124 valence electrons. The predicted octanol–water partition coefficient (Wildman–Crippen LogP) is 3.68. The summed E-state index contributed by atoms with van der Waals surface area (Å²) >= 11 is 0. The van der Waals surface area contributed by atoms with Crippen molar-refractivity contribution >= 4 is 5.69 Å². The minimum atomic E-state index is 0.235. The summed E-state index contributed by atoms with van der Waals surface area (Å²) in [6, 6.07) is 10.1. The molecule has 22 heavy (non-hydrogen) atoms. The maximum atomic E-state index is 8.87. The van der Waals surface area contributed by atoms with E-state index in [4.69, 9.17) is 5.11 Å². The van der Waals surface area contributed by atoms with Crippen LogP contribution in [0.25, 0.3) is 0 Å². The molecule has 2 rings (SSSR count). The largest absolute Gasteiger partial charge is 0.395 e. The van der Waals surface area contributed by atoms with Crippen LogP contribution in [-0.4, -0.2) is 30.3 Å². The van der Waals surface area contributed by atoms with Gasteiger partial charge in [-0.15, -0.1) is 0 Å². The SMILES string of the molecule is CCC(C)(C)c1ccc(NC2CCC(NCCO)CC2)cc1. The minimum Gasteiger partial charge on any atom is -0.395 e. The standard InChI is InChI=1S/C19H32N2O/c1-4-19(2,3)15-5-7-17(8-6-15)21-18-11-9-16(10-12-18)20-13-14-22/h5-8,16,18,20-22H,4,9-14H2,1-3H3. The van der Waals surface area contributed by atoms with Gasteiger partial charge in [0.25, 0.3) is 0 Å². The molecular weight excluding hydrogens is 272 g/mol. The van der Waals surface area contributed by atoms with Crippen LogP contribution in [0.2, 0.25) is 0 Å². The van der Waals surface area contributed by atoms with Crippen molar-refractivity contribution in [2.45, 2.75) is 70.4 Å². The third-order valence-electron chi connectivity index (χ3n) is 5.19. The number of benzene rings is 1. The third-order valence-corrected chi connectivity index (χ3v) is 5.19. The predicted molar refractivity (Wildman–Crippen MR) is 94.5 cm³/mol. The van der Waals surface area contributed by atoms with Crippen LogP contribution in [0.15, 0.2) is 24.3 Å². The van der Waals surface area contributed by atoms with E-state index in [1.807, 2.05) is 0 Å². The van der Waals surface area contributed by atoms with E-state index in [1.54, 1.807) is 0 Å². The van der Waals surface area contributed by atoms with Crippen LogP contribution < -0.4 is 10.6 Å². The van der Waals surface area contributed by atoms with Gasteiger partial charge in [-0.3, -0.25) is 0 Å². The molecule has 0 radical (unpaired) electrons. The van der Waals surface area contributed by atoms with Crippen molar-refractivity contribution in [3.8, 4) is 0 Å². The molecule has 0 atom stereocenters. The highest BCUT2D eigenvalue weighted by atomic mass is 16.3. The highest BCUT2D eigenvalue weighted by molar-refractivity contribution is 5.46. The second-order valence-electron chi connectivity index (χ2n) is 7.19. The van der Waals surface area contributed by atoms with Crippen molar-refractivity contribution in [1.29, 1.82) is 0 Å². The molecule has 1 aliphatic carbocycles. The Morgan fingerprint density at radius 3 is 2.18 bits per heavy atom. The summed E-state index contributed by atoms with van der Waals surface area (Å²) < 4.78 is 0. The second-order valence-corrected chi connectivity index (χ2v) is 7.19. The van der Waals surface area contributed by atoms with Crippen molar-refractivity contribution in [1.82, 2.24) is 5.32 Å². The lowest BCUT2D eigenvalue weighted by atomic mass is 9.82. The van der Waals surface area contributed by atoms with Gasteiger partial charge < -0.3 is 15.7 Å². The molecule has 0 saturated heterocycles. The Morgan fingerprint density at radius 2 is 1.64 bits per heavy atom. The monoisotopic (exact) mass is 304 g/mol. The molecule has 3 heteroatoms. The van der Waals surface area contributed by atoms with Crippen LogP contribution in [0.4, 0.5) is 5.69 Å². The van der Waals surface area contributed by atoms with E-state index in [9.17, 15) is 0 Å². The summed E-state index contributed by atoms with van der Waals surface area (Å²) in [5.74, 6) is 0. The number of hydrogen-bond acceptors (Lipinski definition) is 3. The topological polar surface area (TPSA) is 44.3 Å². The zero-order chi connectivity index (χ0) is 16.0. The minimum absolute atomic E-state index is 0.235. The van der Waals surface area contributed by atoms with Crippen molar-refractivity contribution in [2.75, 3.05) is 18.5 Å². The molecule has 0 bridgehead atoms. The molecule has 0 heterocycles. The van der Waals surface area contributed by atoms with Gasteiger partial charge in [-0.2, -0.15) is 0 Å². The summed E-state index contributed by atoms with van der Waals surface area (Å²) in [7, 11) is 0. The van der Waals surface area contributed by atoms with Gasteiger partial charge in [0.2, 0.25) is 0 Å². The molecule has 1 fully saturated rings. The summed E-state index contributed by atoms with van der Waals surface area (Å²) in [5, 5.41) is 16.0. The molecule has 1 aliphatic rings. The fourth-order valence-corrected chi connectivity index (χ4v) is 3.17. The lowest BCUT2D eigenvalue weighted by Crippen LogP contribution is -2.38. The molecule has 0 spiro atoms. The van der Waals surface area contributed by atoms with Crippen LogP contribution in [0.1, 0.15) is 58.4 Å². The molecule has 0 amide bonds. The average Bonchev–Trinajstić information content (AvgIpc) is 2.55. The zero-order valence-corrected chi connectivity index (χ0v) is 14.4. The van der Waals surface area contributed by atoms with E-state index in [0.717, 1.165) is 13.0 Å². The molecule has 0 aliphatic heterocycles. The van der Waals surface area contributed by atoms with Gasteiger partial charge in [0, 0.05) is 24.3 Å². The van der Waals surface area contributed by atoms with E-state index in [1.165, 1.54) is 36.9 Å². The average molecular weight is 304 g/mol. The Kier molecular flexibility index (Phi) is 6.27. The fraction of sp³-hybridized carbons (Fsp3) is 0.684. The number of hydrogen-bond donors (Lipinski definition) is 3. The van der Waals surface area contributed by atoms with Gasteiger partial charge in [0.05, 0.1) is 6.61 Å². The van der Waals surface area contributed by atoms with Gasteiger partial charge in [-0.1, -0.05) is 32.9 Å². The first kappa shape index (κ1) is 17.3. The first-order valence-corrected chi connectivity index (χ1v) is 8.76. The Labute approximate surface area is 135 Å². The Balaban J connectivity index is 1.82. The van der Waals surface area contributed by atoms with Gasteiger partial charge in [-0.25, -0.2) is 0 Å². The lowest BCUT2D eigenvalue weighted by molar-refractivity contribution is 0.269. The maximum absolute atomic E-state index is 8.87. The lowest BCUT2D eigenvalue weighted by Gasteiger charge is -2.30. The van der Waals surface area contributed by atoms with Gasteiger partial charge in [-0.05, 0) is 55.2 Å². The van der Waals surface area contributed by atoms with Crippen LogP contribution >= 0.6 is 0 Å². The smallest absolute Gasteiger partial charge is 0.0556 e. The van der Waals surface area contributed by atoms with Gasteiger partial charge >= 0.3 is 0 Å². The van der Waals surface area contributed by atoms with E-state index in [0.29, 0.717) is 12.1 Å². The number of aliphatic hydroxyl groups is 1.